The van der Waals surface area contributed by atoms with Gasteiger partial charge in [0.05, 0.1) is 5.56 Å². The monoisotopic (exact) mass is 412 g/mol. The molecule has 5 heteroatoms. The van der Waals surface area contributed by atoms with E-state index in [-0.39, 0.29) is 5.91 Å². The molecule has 1 fully saturated rings. The maximum absolute atomic E-state index is 12.5. The fraction of sp³-hybridized carbons (Fsp3) is 0.312. The summed E-state index contributed by atoms with van der Waals surface area (Å²) in [6.45, 7) is 4.53. The standard InChI is InChI=1S/C16H17IN2OS/c17-15-6-2-1-5-14(15)16(20)19-9-7-18(8-10-19)12-13-4-3-11-21-13/h1-6,11H,7-10,12H2. The molecule has 3 nitrogen and oxygen atoms in total. The second kappa shape index (κ2) is 6.89. The highest BCUT2D eigenvalue weighted by molar-refractivity contribution is 14.1. The fourth-order valence-corrected chi connectivity index (χ4v) is 3.90. The van der Waals surface area contributed by atoms with E-state index in [2.05, 4.69) is 45.0 Å². The van der Waals surface area contributed by atoms with E-state index in [1.54, 1.807) is 11.3 Å². The number of carbonyl (C=O) groups excluding carboxylic acids is 1. The van der Waals surface area contributed by atoms with Crippen molar-refractivity contribution in [2.45, 2.75) is 6.54 Å². The smallest absolute Gasteiger partial charge is 0.255 e. The van der Waals surface area contributed by atoms with Gasteiger partial charge in [0.1, 0.15) is 0 Å². The number of benzene rings is 1. The van der Waals surface area contributed by atoms with Crippen LogP contribution in [0.5, 0.6) is 0 Å². The summed E-state index contributed by atoms with van der Waals surface area (Å²) in [6, 6.07) is 12.1. The van der Waals surface area contributed by atoms with Gasteiger partial charge in [-0.15, -0.1) is 11.3 Å². The zero-order valence-corrected chi connectivity index (χ0v) is 14.6. The highest BCUT2D eigenvalue weighted by Gasteiger charge is 2.23. The molecule has 0 aliphatic carbocycles. The Labute approximate surface area is 142 Å². The Morgan fingerprint density at radius 1 is 1.10 bits per heavy atom. The number of amides is 1. The van der Waals surface area contributed by atoms with E-state index < -0.39 is 0 Å². The average molecular weight is 412 g/mol. The summed E-state index contributed by atoms with van der Waals surface area (Å²) in [5, 5.41) is 2.12. The van der Waals surface area contributed by atoms with Crippen LogP contribution in [0.1, 0.15) is 15.2 Å². The van der Waals surface area contributed by atoms with Gasteiger partial charge in [-0.3, -0.25) is 9.69 Å². The minimum Gasteiger partial charge on any atom is -0.336 e. The molecule has 1 amide bonds. The predicted molar refractivity (Wildman–Crippen MR) is 94.7 cm³/mol. The fourth-order valence-electron chi connectivity index (χ4n) is 2.54. The Morgan fingerprint density at radius 2 is 1.86 bits per heavy atom. The molecule has 1 saturated heterocycles. The normalized spacial score (nSPS) is 16.1. The average Bonchev–Trinajstić information content (AvgIpc) is 3.01. The largest absolute Gasteiger partial charge is 0.336 e. The van der Waals surface area contributed by atoms with Crippen LogP contribution in [-0.4, -0.2) is 41.9 Å². The number of halogens is 1. The zero-order valence-electron chi connectivity index (χ0n) is 11.7. The van der Waals surface area contributed by atoms with Gasteiger partial charge < -0.3 is 4.90 Å². The van der Waals surface area contributed by atoms with Crippen molar-refractivity contribution in [2.75, 3.05) is 26.2 Å². The number of thiophene rings is 1. The van der Waals surface area contributed by atoms with E-state index in [9.17, 15) is 4.79 Å². The van der Waals surface area contributed by atoms with Crippen LogP contribution in [0.2, 0.25) is 0 Å². The Morgan fingerprint density at radius 3 is 2.52 bits per heavy atom. The molecule has 0 N–H and O–H groups in total. The molecule has 0 spiro atoms. The van der Waals surface area contributed by atoms with Gasteiger partial charge in [-0.1, -0.05) is 18.2 Å². The highest BCUT2D eigenvalue weighted by atomic mass is 127. The number of piperazine rings is 1. The molecule has 1 aliphatic rings. The first kappa shape index (κ1) is 15.0. The molecule has 0 bridgehead atoms. The summed E-state index contributed by atoms with van der Waals surface area (Å²) in [4.78, 5) is 18.3. The van der Waals surface area contributed by atoms with Gasteiger partial charge in [0.15, 0.2) is 0 Å². The van der Waals surface area contributed by atoms with E-state index in [1.165, 1.54) is 4.88 Å². The quantitative estimate of drug-likeness (QED) is 0.723. The first-order valence-corrected chi connectivity index (χ1v) is 8.98. The van der Waals surface area contributed by atoms with Crippen LogP contribution in [0.4, 0.5) is 0 Å². The SMILES string of the molecule is O=C(c1ccccc1I)N1CCN(Cc2cccs2)CC1. The third kappa shape index (κ3) is 3.64. The summed E-state index contributed by atoms with van der Waals surface area (Å²) in [6.07, 6.45) is 0. The second-order valence-corrected chi connectivity index (χ2v) is 7.32. The molecular formula is C16H17IN2OS. The van der Waals surface area contributed by atoms with Gasteiger partial charge in [-0.05, 0) is 46.2 Å². The lowest BCUT2D eigenvalue weighted by Crippen LogP contribution is -2.48. The van der Waals surface area contributed by atoms with Crippen molar-refractivity contribution >= 4 is 39.8 Å². The van der Waals surface area contributed by atoms with Crippen molar-refractivity contribution in [1.82, 2.24) is 9.80 Å². The first-order valence-electron chi connectivity index (χ1n) is 7.02. The summed E-state index contributed by atoms with van der Waals surface area (Å²) < 4.78 is 1.03. The van der Waals surface area contributed by atoms with E-state index in [1.807, 2.05) is 29.2 Å². The van der Waals surface area contributed by atoms with Crippen LogP contribution in [-0.2, 0) is 6.54 Å². The first-order chi connectivity index (χ1) is 10.2. The Hall–Kier alpha value is -0.920. The Bertz CT molecular complexity index is 606. The van der Waals surface area contributed by atoms with Crippen molar-refractivity contribution in [3.05, 3.63) is 55.8 Å². The molecule has 1 aliphatic heterocycles. The number of carbonyl (C=O) groups is 1. The van der Waals surface area contributed by atoms with Gasteiger partial charge in [-0.2, -0.15) is 0 Å². The molecule has 110 valence electrons. The molecule has 0 atom stereocenters. The predicted octanol–water partition coefficient (Wildman–Crippen LogP) is 3.31. The topological polar surface area (TPSA) is 23.6 Å². The van der Waals surface area contributed by atoms with Gasteiger partial charge in [0.25, 0.3) is 5.91 Å². The maximum Gasteiger partial charge on any atom is 0.255 e. The molecule has 2 heterocycles. The molecule has 21 heavy (non-hydrogen) atoms. The van der Waals surface area contributed by atoms with Gasteiger partial charge in [0.2, 0.25) is 0 Å². The van der Waals surface area contributed by atoms with Crippen LogP contribution >= 0.6 is 33.9 Å². The van der Waals surface area contributed by atoms with Crippen molar-refractivity contribution in [2.24, 2.45) is 0 Å². The third-order valence-corrected chi connectivity index (χ3v) is 5.53. The minimum absolute atomic E-state index is 0.163. The van der Waals surface area contributed by atoms with Crippen molar-refractivity contribution in [1.29, 1.82) is 0 Å². The molecule has 0 radical (unpaired) electrons. The van der Waals surface area contributed by atoms with E-state index >= 15 is 0 Å². The van der Waals surface area contributed by atoms with E-state index in [4.69, 9.17) is 0 Å². The van der Waals surface area contributed by atoms with Crippen molar-refractivity contribution in [3.63, 3.8) is 0 Å². The zero-order chi connectivity index (χ0) is 14.7. The van der Waals surface area contributed by atoms with Crippen molar-refractivity contribution < 1.29 is 4.79 Å². The number of nitrogens with zero attached hydrogens (tertiary/aromatic N) is 2. The van der Waals surface area contributed by atoms with Crippen LogP contribution in [0, 0.1) is 3.57 Å². The minimum atomic E-state index is 0.163. The molecular weight excluding hydrogens is 395 g/mol. The lowest BCUT2D eigenvalue weighted by Gasteiger charge is -2.34. The maximum atomic E-state index is 12.5. The third-order valence-electron chi connectivity index (χ3n) is 3.72. The van der Waals surface area contributed by atoms with Gasteiger partial charge in [-0.25, -0.2) is 0 Å². The number of hydrogen-bond acceptors (Lipinski definition) is 3. The molecule has 1 aromatic heterocycles. The van der Waals surface area contributed by atoms with Crippen LogP contribution in [0.25, 0.3) is 0 Å². The van der Waals surface area contributed by atoms with Crippen molar-refractivity contribution in [3.8, 4) is 0 Å². The molecule has 0 saturated carbocycles. The Kier molecular flexibility index (Phi) is 4.92. The van der Waals surface area contributed by atoms with Crippen LogP contribution in [0.15, 0.2) is 41.8 Å². The van der Waals surface area contributed by atoms with Gasteiger partial charge >= 0.3 is 0 Å². The number of hydrogen-bond donors (Lipinski definition) is 0. The van der Waals surface area contributed by atoms with Crippen LogP contribution in [0.3, 0.4) is 0 Å². The summed E-state index contributed by atoms with van der Waals surface area (Å²) >= 11 is 4.03. The molecule has 2 aromatic rings. The number of rotatable bonds is 3. The molecule has 3 rings (SSSR count). The molecule has 0 unspecified atom stereocenters. The molecule has 1 aromatic carbocycles. The highest BCUT2D eigenvalue weighted by Crippen LogP contribution is 2.17. The summed E-state index contributed by atoms with van der Waals surface area (Å²) in [7, 11) is 0. The summed E-state index contributed by atoms with van der Waals surface area (Å²) in [5.74, 6) is 0.163. The van der Waals surface area contributed by atoms with E-state index in [0.29, 0.717) is 0 Å². The lowest BCUT2D eigenvalue weighted by molar-refractivity contribution is 0.0628. The second-order valence-electron chi connectivity index (χ2n) is 5.13. The van der Waals surface area contributed by atoms with Gasteiger partial charge in [0, 0.05) is 41.2 Å². The van der Waals surface area contributed by atoms with Crippen LogP contribution < -0.4 is 0 Å². The summed E-state index contributed by atoms with van der Waals surface area (Å²) in [5.41, 5.74) is 0.824. The Balaban J connectivity index is 1.58. The van der Waals surface area contributed by atoms with E-state index in [0.717, 1.165) is 41.9 Å². The lowest BCUT2D eigenvalue weighted by atomic mass is 10.2.